The average Bonchev–Trinajstić information content (AvgIpc) is 2.93. The molecule has 4 rings (SSSR count). The third-order valence-corrected chi connectivity index (χ3v) is 6.71. The zero-order valence-corrected chi connectivity index (χ0v) is 21.1. The van der Waals surface area contributed by atoms with E-state index >= 15 is 0 Å². The van der Waals surface area contributed by atoms with E-state index in [9.17, 15) is 18.8 Å². The highest BCUT2D eigenvalue weighted by Crippen LogP contribution is 2.29. The molecular formula is C27H31FN4O6. The van der Waals surface area contributed by atoms with Gasteiger partial charge in [0, 0.05) is 12.6 Å². The number of aromatic amines is 1. The van der Waals surface area contributed by atoms with Crippen molar-refractivity contribution in [1.82, 2.24) is 20.6 Å². The third kappa shape index (κ3) is 6.65. The maximum absolute atomic E-state index is 14.6. The van der Waals surface area contributed by atoms with Crippen LogP contribution < -0.4 is 25.7 Å². The number of aliphatic hydroxyl groups excluding tert-OH is 1. The number of hydrogen-bond acceptors (Lipinski definition) is 7. The highest BCUT2D eigenvalue weighted by atomic mass is 19.1. The van der Waals surface area contributed by atoms with E-state index in [1.54, 1.807) is 25.3 Å². The van der Waals surface area contributed by atoms with Gasteiger partial charge in [0.25, 0.3) is 11.5 Å². The molecule has 1 aromatic heterocycles. The van der Waals surface area contributed by atoms with E-state index in [-0.39, 0.29) is 47.6 Å². The molecule has 2 amide bonds. The third-order valence-electron chi connectivity index (χ3n) is 6.71. The molecule has 1 heterocycles. The molecule has 1 aliphatic rings. The Bertz CT molecular complexity index is 1350. The second kappa shape index (κ2) is 12.5. The summed E-state index contributed by atoms with van der Waals surface area (Å²) in [7, 11) is 1.55. The SMILES string of the molecule is COc1cccc(CNC(=O)c2nc3ccc(F)c(OCCC4CCC(NC(=O)CO)CC4)c3c(=O)[nH]2)c1. The molecule has 4 N–H and O–H groups in total. The van der Waals surface area contributed by atoms with E-state index in [0.717, 1.165) is 37.3 Å². The van der Waals surface area contributed by atoms with Crippen LogP contribution in [0, 0.1) is 11.7 Å². The first-order chi connectivity index (χ1) is 18.4. The molecule has 1 saturated carbocycles. The normalized spacial score (nSPS) is 17.1. The molecule has 11 heteroatoms. The predicted molar refractivity (Wildman–Crippen MR) is 138 cm³/mol. The van der Waals surface area contributed by atoms with Crippen LogP contribution in [0.25, 0.3) is 10.9 Å². The standard InChI is InChI=1S/C27H31FN4O6/c1-37-19-4-2-3-17(13-19)14-29-27(36)25-31-21-10-9-20(28)24(23(21)26(35)32-25)38-12-11-16-5-7-18(8-6-16)30-22(34)15-33/h2-4,9-10,13,16,18,33H,5-8,11-12,14-15H2,1H3,(H,29,36)(H,30,34)(H,31,32,35). The van der Waals surface area contributed by atoms with Gasteiger partial charge in [0.15, 0.2) is 17.4 Å². The number of halogens is 1. The fourth-order valence-electron chi connectivity index (χ4n) is 4.67. The molecule has 38 heavy (non-hydrogen) atoms. The zero-order chi connectivity index (χ0) is 27.1. The van der Waals surface area contributed by atoms with Crippen molar-refractivity contribution in [3.05, 3.63) is 64.0 Å². The fourth-order valence-corrected chi connectivity index (χ4v) is 4.67. The highest BCUT2D eigenvalue weighted by molar-refractivity contribution is 5.93. The van der Waals surface area contributed by atoms with E-state index in [1.807, 2.05) is 6.07 Å². The first kappa shape index (κ1) is 27.1. The number of benzene rings is 2. The monoisotopic (exact) mass is 526 g/mol. The Kier molecular flexibility index (Phi) is 8.90. The van der Waals surface area contributed by atoms with E-state index in [2.05, 4.69) is 20.6 Å². The fraction of sp³-hybridized carbons (Fsp3) is 0.407. The number of nitrogens with one attached hydrogen (secondary N) is 3. The van der Waals surface area contributed by atoms with Crippen molar-refractivity contribution >= 4 is 22.7 Å². The Labute approximate surface area is 218 Å². The first-order valence-electron chi connectivity index (χ1n) is 12.5. The number of aliphatic hydroxyl groups is 1. The number of carbonyl (C=O) groups is 2. The van der Waals surface area contributed by atoms with Crippen molar-refractivity contribution in [2.45, 2.75) is 44.7 Å². The molecule has 0 bridgehead atoms. The average molecular weight is 527 g/mol. The smallest absolute Gasteiger partial charge is 0.287 e. The Morgan fingerprint density at radius 1 is 1.18 bits per heavy atom. The molecule has 2 aromatic carbocycles. The Morgan fingerprint density at radius 2 is 1.97 bits per heavy atom. The van der Waals surface area contributed by atoms with Crippen molar-refractivity contribution in [2.24, 2.45) is 5.92 Å². The number of H-pyrrole nitrogens is 1. The summed E-state index contributed by atoms with van der Waals surface area (Å²) in [5.74, 6) is -1.02. The lowest BCUT2D eigenvalue weighted by atomic mass is 9.84. The lowest BCUT2D eigenvalue weighted by molar-refractivity contribution is -0.124. The molecule has 1 aliphatic carbocycles. The van der Waals surface area contributed by atoms with E-state index in [1.165, 1.54) is 6.07 Å². The van der Waals surface area contributed by atoms with Gasteiger partial charge in [0.1, 0.15) is 17.7 Å². The van der Waals surface area contributed by atoms with Gasteiger partial charge < -0.3 is 30.2 Å². The van der Waals surface area contributed by atoms with Crippen molar-refractivity contribution in [1.29, 1.82) is 0 Å². The van der Waals surface area contributed by atoms with Gasteiger partial charge in [-0.15, -0.1) is 0 Å². The molecule has 0 aliphatic heterocycles. The van der Waals surface area contributed by atoms with Gasteiger partial charge in [-0.3, -0.25) is 14.4 Å². The lowest BCUT2D eigenvalue weighted by Crippen LogP contribution is -2.39. The maximum Gasteiger partial charge on any atom is 0.287 e. The van der Waals surface area contributed by atoms with Gasteiger partial charge in [-0.25, -0.2) is 9.37 Å². The second-order valence-electron chi connectivity index (χ2n) is 9.30. The number of ether oxygens (including phenoxy) is 2. The van der Waals surface area contributed by atoms with Crippen LogP contribution in [0.3, 0.4) is 0 Å². The minimum Gasteiger partial charge on any atom is -0.497 e. The predicted octanol–water partition coefficient (Wildman–Crippen LogP) is 2.44. The van der Waals surface area contributed by atoms with Gasteiger partial charge >= 0.3 is 0 Å². The number of carbonyl (C=O) groups excluding carboxylic acids is 2. The van der Waals surface area contributed by atoms with Crippen LogP contribution in [0.2, 0.25) is 0 Å². The molecule has 202 valence electrons. The van der Waals surface area contributed by atoms with E-state index < -0.39 is 23.9 Å². The minimum atomic E-state index is -0.685. The lowest BCUT2D eigenvalue weighted by Gasteiger charge is -2.29. The van der Waals surface area contributed by atoms with Crippen LogP contribution in [0.4, 0.5) is 4.39 Å². The summed E-state index contributed by atoms with van der Waals surface area (Å²) in [4.78, 5) is 43.5. The zero-order valence-electron chi connectivity index (χ0n) is 21.1. The van der Waals surface area contributed by atoms with Crippen molar-refractivity contribution in [3.63, 3.8) is 0 Å². The number of nitrogens with zero attached hydrogens (tertiary/aromatic N) is 1. The summed E-state index contributed by atoms with van der Waals surface area (Å²) in [6.07, 6.45) is 3.99. The maximum atomic E-state index is 14.6. The number of fused-ring (bicyclic) bond motifs is 1. The number of rotatable bonds is 10. The van der Waals surface area contributed by atoms with Crippen molar-refractivity contribution in [2.75, 3.05) is 20.3 Å². The van der Waals surface area contributed by atoms with Crippen LogP contribution in [-0.4, -0.2) is 53.3 Å². The molecule has 0 spiro atoms. The van der Waals surface area contributed by atoms with E-state index in [0.29, 0.717) is 18.1 Å². The molecular weight excluding hydrogens is 495 g/mol. The summed E-state index contributed by atoms with van der Waals surface area (Å²) in [6, 6.07) is 9.75. The molecule has 0 radical (unpaired) electrons. The summed E-state index contributed by atoms with van der Waals surface area (Å²) >= 11 is 0. The Balaban J connectivity index is 1.38. The van der Waals surface area contributed by atoms with Crippen LogP contribution in [-0.2, 0) is 11.3 Å². The molecule has 3 aromatic rings. The largest absolute Gasteiger partial charge is 0.497 e. The topological polar surface area (TPSA) is 143 Å². The Hall–Kier alpha value is -3.99. The van der Waals surface area contributed by atoms with Crippen LogP contribution >= 0.6 is 0 Å². The van der Waals surface area contributed by atoms with E-state index in [4.69, 9.17) is 14.6 Å². The van der Waals surface area contributed by atoms with Crippen LogP contribution in [0.5, 0.6) is 11.5 Å². The highest BCUT2D eigenvalue weighted by Gasteiger charge is 2.23. The summed E-state index contributed by atoms with van der Waals surface area (Å²) < 4.78 is 25.5. The number of methoxy groups -OCH3 is 1. The van der Waals surface area contributed by atoms with Crippen LogP contribution in [0.15, 0.2) is 41.2 Å². The molecule has 1 fully saturated rings. The second-order valence-corrected chi connectivity index (χ2v) is 9.30. The molecule has 0 atom stereocenters. The number of hydrogen-bond donors (Lipinski definition) is 4. The molecule has 0 unspecified atom stereocenters. The molecule has 10 nitrogen and oxygen atoms in total. The molecule has 0 saturated heterocycles. The minimum absolute atomic E-state index is 0.0499. The van der Waals surface area contributed by atoms with Gasteiger partial charge in [-0.05, 0) is 67.9 Å². The van der Waals surface area contributed by atoms with Gasteiger partial charge in [-0.1, -0.05) is 12.1 Å². The number of amides is 2. The van der Waals surface area contributed by atoms with Crippen molar-refractivity contribution in [3.8, 4) is 11.5 Å². The van der Waals surface area contributed by atoms with Crippen LogP contribution in [0.1, 0.15) is 48.3 Å². The number of aromatic nitrogens is 2. The van der Waals surface area contributed by atoms with Crippen molar-refractivity contribution < 1.29 is 28.6 Å². The van der Waals surface area contributed by atoms with Gasteiger partial charge in [0.05, 0.1) is 19.2 Å². The summed E-state index contributed by atoms with van der Waals surface area (Å²) in [6.45, 7) is -0.115. The first-order valence-corrected chi connectivity index (χ1v) is 12.5. The summed E-state index contributed by atoms with van der Waals surface area (Å²) in [5, 5.41) is 14.3. The quantitative estimate of drug-likeness (QED) is 0.318. The van der Waals surface area contributed by atoms with Gasteiger partial charge in [0.2, 0.25) is 5.91 Å². The Morgan fingerprint density at radius 3 is 2.71 bits per heavy atom. The van der Waals surface area contributed by atoms with Gasteiger partial charge in [-0.2, -0.15) is 0 Å². The summed E-state index contributed by atoms with van der Waals surface area (Å²) in [5.41, 5.74) is 0.287.